The third-order valence-corrected chi connectivity index (χ3v) is 5.25. The second kappa shape index (κ2) is 5.25. The predicted octanol–water partition coefficient (Wildman–Crippen LogP) is 1.15. The minimum absolute atomic E-state index is 0.851. The van der Waals surface area contributed by atoms with Gasteiger partial charge >= 0.3 is 0 Å². The highest BCUT2D eigenvalue weighted by atomic mass is 15.3. The van der Waals surface area contributed by atoms with E-state index < -0.39 is 0 Å². The standard InChI is InChI=1S/C14H27N3/c1-16-13-2-3-14(16)11-17(9-6-13)8-5-12-4-7-15-10-12/h12-15H,2-11H2,1H3. The van der Waals surface area contributed by atoms with Gasteiger partial charge < -0.3 is 10.2 Å². The molecule has 98 valence electrons. The van der Waals surface area contributed by atoms with Crippen LogP contribution in [0, 0.1) is 5.92 Å². The quantitative estimate of drug-likeness (QED) is 0.794. The van der Waals surface area contributed by atoms with E-state index in [1.165, 1.54) is 64.8 Å². The fourth-order valence-electron chi connectivity index (χ4n) is 3.91. The molecule has 3 aliphatic rings. The third-order valence-electron chi connectivity index (χ3n) is 5.25. The summed E-state index contributed by atoms with van der Waals surface area (Å²) in [7, 11) is 2.34. The Balaban J connectivity index is 1.47. The van der Waals surface area contributed by atoms with Crippen molar-refractivity contribution in [2.75, 3.05) is 39.8 Å². The van der Waals surface area contributed by atoms with Gasteiger partial charge in [0.1, 0.15) is 0 Å². The zero-order chi connectivity index (χ0) is 11.7. The number of likely N-dealkylation sites (tertiary alicyclic amines) is 1. The van der Waals surface area contributed by atoms with Gasteiger partial charge in [-0.2, -0.15) is 0 Å². The molecule has 3 heterocycles. The van der Waals surface area contributed by atoms with Gasteiger partial charge in [0, 0.05) is 18.6 Å². The van der Waals surface area contributed by atoms with Crippen molar-refractivity contribution in [3.05, 3.63) is 0 Å². The summed E-state index contributed by atoms with van der Waals surface area (Å²) in [5, 5.41) is 3.48. The van der Waals surface area contributed by atoms with Crippen molar-refractivity contribution >= 4 is 0 Å². The highest BCUT2D eigenvalue weighted by molar-refractivity contribution is 4.91. The molecule has 3 saturated heterocycles. The number of rotatable bonds is 3. The van der Waals surface area contributed by atoms with E-state index >= 15 is 0 Å². The molecule has 3 rings (SSSR count). The van der Waals surface area contributed by atoms with Gasteiger partial charge in [0.05, 0.1) is 0 Å². The van der Waals surface area contributed by atoms with Crippen LogP contribution < -0.4 is 5.32 Å². The lowest BCUT2D eigenvalue weighted by atomic mass is 10.0. The fraction of sp³-hybridized carbons (Fsp3) is 1.00. The number of fused-ring (bicyclic) bond motifs is 2. The van der Waals surface area contributed by atoms with Gasteiger partial charge in [-0.05, 0) is 71.2 Å². The molecule has 2 bridgehead atoms. The van der Waals surface area contributed by atoms with E-state index in [2.05, 4.69) is 22.2 Å². The average Bonchev–Trinajstić information content (AvgIpc) is 2.88. The number of likely N-dealkylation sites (N-methyl/N-ethyl adjacent to an activating group) is 1. The van der Waals surface area contributed by atoms with E-state index in [0.717, 1.165) is 18.0 Å². The summed E-state index contributed by atoms with van der Waals surface area (Å²) in [6, 6.07) is 1.74. The summed E-state index contributed by atoms with van der Waals surface area (Å²) < 4.78 is 0. The lowest BCUT2D eigenvalue weighted by molar-refractivity contribution is 0.211. The lowest BCUT2D eigenvalue weighted by Crippen LogP contribution is -2.37. The van der Waals surface area contributed by atoms with Crippen LogP contribution in [0.3, 0.4) is 0 Å². The monoisotopic (exact) mass is 237 g/mol. The van der Waals surface area contributed by atoms with Gasteiger partial charge in [-0.3, -0.25) is 4.90 Å². The number of hydrogen-bond donors (Lipinski definition) is 1. The summed E-state index contributed by atoms with van der Waals surface area (Å²) in [5.74, 6) is 0.952. The Morgan fingerprint density at radius 1 is 1.12 bits per heavy atom. The Bertz CT molecular complexity index is 250. The van der Waals surface area contributed by atoms with Crippen molar-refractivity contribution in [2.24, 2.45) is 5.92 Å². The molecule has 0 aliphatic carbocycles. The van der Waals surface area contributed by atoms with Crippen molar-refractivity contribution < 1.29 is 0 Å². The molecule has 0 amide bonds. The number of nitrogens with one attached hydrogen (secondary N) is 1. The smallest absolute Gasteiger partial charge is 0.0223 e. The molecule has 3 heteroatoms. The molecular formula is C14H27N3. The van der Waals surface area contributed by atoms with Crippen LogP contribution in [0.5, 0.6) is 0 Å². The molecule has 3 aliphatic heterocycles. The zero-order valence-corrected chi connectivity index (χ0v) is 11.2. The first kappa shape index (κ1) is 11.9. The van der Waals surface area contributed by atoms with Gasteiger partial charge in [0.15, 0.2) is 0 Å². The van der Waals surface area contributed by atoms with Crippen LogP contribution in [-0.2, 0) is 0 Å². The Morgan fingerprint density at radius 2 is 2.00 bits per heavy atom. The maximum Gasteiger partial charge on any atom is 0.0223 e. The minimum atomic E-state index is 0.851. The predicted molar refractivity (Wildman–Crippen MR) is 71.2 cm³/mol. The second-order valence-corrected chi connectivity index (χ2v) is 6.29. The molecule has 0 radical (unpaired) electrons. The van der Waals surface area contributed by atoms with Gasteiger partial charge in [-0.1, -0.05) is 0 Å². The van der Waals surface area contributed by atoms with E-state index in [1.54, 1.807) is 0 Å². The van der Waals surface area contributed by atoms with E-state index in [9.17, 15) is 0 Å². The Labute approximate surface area is 106 Å². The first-order valence-electron chi connectivity index (χ1n) is 7.48. The first-order valence-corrected chi connectivity index (χ1v) is 7.48. The van der Waals surface area contributed by atoms with Crippen LogP contribution in [0.2, 0.25) is 0 Å². The summed E-state index contributed by atoms with van der Waals surface area (Å²) in [6.45, 7) is 6.51. The highest BCUT2D eigenvalue weighted by Crippen LogP contribution is 2.28. The van der Waals surface area contributed by atoms with Crippen LogP contribution in [0.4, 0.5) is 0 Å². The van der Waals surface area contributed by atoms with E-state index in [0.29, 0.717) is 0 Å². The largest absolute Gasteiger partial charge is 0.316 e. The van der Waals surface area contributed by atoms with Crippen LogP contribution in [0.15, 0.2) is 0 Å². The Morgan fingerprint density at radius 3 is 2.82 bits per heavy atom. The van der Waals surface area contributed by atoms with Gasteiger partial charge in [0.2, 0.25) is 0 Å². The summed E-state index contributed by atoms with van der Waals surface area (Å²) in [5.41, 5.74) is 0. The normalized spacial score (nSPS) is 39.7. The van der Waals surface area contributed by atoms with Crippen LogP contribution in [0.25, 0.3) is 0 Å². The molecule has 3 atom stereocenters. The molecule has 0 saturated carbocycles. The van der Waals surface area contributed by atoms with E-state index in [1.807, 2.05) is 0 Å². The molecule has 0 aromatic rings. The van der Waals surface area contributed by atoms with Crippen molar-refractivity contribution in [2.45, 2.75) is 44.2 Å². The number of nitrogens with zero attached hydrogens (tertiary/aromatic N) is 2. The molecular weight excluding hydrogens is 210 g/mol. The summed E-state index contributed by atoms with van der Waals surface area (Å²) >= 11 is 0. The van der Waals surface area contributed by atoms with Crippen LogP contribution in [0.1, 0.15) is 32.1 Å². The number of hydrogen-bond acceptors (Lipinski definition) is 3. The Kier molecular flexibility index (Phi) is 3.69. The molecule has 3 nitrogen and oxygen atoms in total. The average molecular weight is 237 g/mol. The SMILES string of the molecule is CN1C2CCC1CN(CCC1CCNC1)CC2. The van der Waals surface area contributed by atoms with Crippen molar-refractivity contribution in [1.82, 2.24) is 15.1 Å². The molecule has 3 fully saturated rings. The third kappa shape index (κ3) is 2.67. The van der Waals surface area contributed by atoms with Gasteiger partial charge in [-0.15, -0.1) is 0 Å². The molecule has 3 unspecified atom stereocenters. The van der Waals surface area contributed by atoms with E-state index in [-0.39, 0.29) is 0 Å². The summed E-state index contributed by atoms with van der Waals surface area (Å²) in [4.78, 5) is 5.38. The van der Waals surface area contributed by atoms with Crippen molar-refractivity contribution in [3.63, 3.8) is 0 Å². The highest BCUT2D eigenvalue weighted by Gasteiger charge is 2.34. The van der Waals surface area contributed by atoms with E-state index in [4.69, 9.17) is 0 Å². The maximum atomic E-state index is 3.48. The summed E-state index contributed by atoms with van der Waals surface area (Å²) in [6.07, 6.45) is 7.09. The van der Waals surface area contributed by atoms with Crippen molar-refractivity contribution in [1.29, 1.82) is 0 Å². The molecule has 1 N–H and O–H groups in total. The van der Waals surface area contributed by atoms with Gasteiger partial charge in [0.25, 0.3) is 0 Å². The Hall–Kier alpha value is -0.120. The zero-order valence-electron chi connectivity index (χ0n) is 11.2. The maximum absolute atomic E-state index is 3.48. The molecule has 0 spiro atoms. The van der Waals surface area contributed by atoms with Crippen LogP contribution in [-0.4, -0.2) is 61.7 Å². The van der Waals surface area contributed by atoms with Crippen LogP contribution >= 0.6 is 0 Å². The minimum Gasteiger partial charge on any atom is -0.316 e. The molecule has 0 aromatic carbocycles. The first-order chi connectivity index (χ1) is 8.33. The fourth-order valence-corrected chi connectivity index (χ4v) is 3.91. The van der Waals surface area contributed by atoms with Crippen molar-refractivity contribution in [3.8, 4) is 0 Å². The second-order valence-electron chi connectivity index (χ2n) is 6.29. The molecule has 0 aromatic heterocycles. The van der Waals surface area contributed by atoms with Gasteiger partial charge in [-0.25, -0.2) is 0 Å². The molecule has 17 heavy (non-hydrogen) atoms. The topological polar surface area (TPSA) is 18.5 Å². The lowest BCUT2D eigenvalue weighted by Gasteiger charge is -2.26.